The molecule has 0 rings (SSSR count). The van der Waals surface area contributed by atoms with Gasteiger partial charge in [-0.3, -0.25) is 4.98 Å². The molecule has 0 atom stereocenters. The van der Waals surface area contributed by atoms with Gasteiger partial charge in [0.2, 0.25) is 0 Å². The van der Waals surface area contributed by atoms with Gasteiger partial charge in [-0.15, -0.1) is 0 Å². The van der Waals surface area contributed by atoms with E-state index in [9.17, 15) is 0 Å². The Morgan fingerprint density at radius 2 is 1.57 bits per heavy atom. The van der Waals surface area contributed by atoms with Crippen LogP contribution >= 0.6 is 0 Å². The van der Waals surface area contributed by atoms with E-state index in [1.54, 1.807) is 21.3 Å². The van der Waals surface area contributed by atoms with Gasteiger partial charge < -0.3 is 0 Å². The second-order valence-corrected chi connectivity index (χ2v) is 5.07. The molecule has 0 aliphatic rings. The molecular formula is C8H22N2O3Si+. The summed E-state index contributed by atoms with van der Waals surface area (Å²) >= 11 is 0. The molecule has 5 nitrogen and oxygen atoms in total. The maximum Gasteiger partial charge on any atom is 0.544 e. The highest BCUT2D eigenvalue weighted by Gasteiger charge is 2.47. The van der Waals surface area contributed by atoms with Gasteiger partial charge in [0.05, 0.1) is 4.64 Å². The number of quaternary nitrogens is 1. The van der Waals surface area contributed by atoms with E-state index in [1.807, 2.05) is 0 Å². The minimum atomic E-state index is -1.08. The summed E-state index contributed by atoms with van der Waals surface area (Å²) in [5.74, 6) is 0. The molecule has 0 heterocycles. The van der Waals surface area contributed by atoms with Crippen molar-refractivity contribution in [3.63, 3.8) is 0 Å². The normalized spacial score (nSPS) is 12.4. The summed E-state index contributed by atoms with van der Waals surface area (Å²) in [6.45, 7) is 5.10. The van der Waals surface area contributed by atoms with Crippen LogP contribution in [0.15, 0.2) is 0 Å². The molecule has 0 saturated carbocycles. The lowest BCUT2D eigenvalue weighted by atomic mass is 10.6. The van der Waals surface area contributed by atoms with Crippen LogP contribution in [0.4, 0.5) is 0 Å². The van der Waals surface area contributed by atoms with Gasteiger partial charge in [-0.2, -0.15) is 14.5 Å². The van der Waals surface area contributed by atoms with Crippen molar-refractivity contribution in [3.05, 3.63) is 0 Å². The fraction of sp³-hybridized carbons (Fsp3) is 1.00. The number of nitrogens with zero attached hydrogens (tertiary/aromatic N) is 1. The van der Waals surface area contributed by atoms with Crippen molar-refractivity contribution in [1.82, 2.24) is 4.98 Å². The topological polar surface area (TPSA) is 39.7 Å². The zero-order valence-electron chi connectivity index (χ0n) is 9.79. The Bertz CT molecular complexity index is 130. The average Bonchev–Trinajstić information content (AvgIpc) is 2.22. The molecule has 0 aliphatic carbocycles. The van der Waals surface area contributed by atoms with Gasteiger partial charge >= 0.3 is 9.12 Å². The number of hydrogen-bond donors (Lipinski definition) is 1. The molecule has 0 aromatic rings. The molecule has 0 saturated heterocycles. The fourth-order valence-corrected chi connectivity index (χ4v) is 3.50. The van der Waals surface area contributed by atoms with Crippen molar-refractivity contribution in [2.75, 3.05) is 27.9 Å². The van der Waals surface area contributed by atoms with Gasteiger partial charge in [0.25, 0.3) is 0 Å². The highest BCUT2D eigenvalue weighted by Crippen LogP contribution is 2.14. The predicted octanol–water partition coefficient (Wildman–Crippen LogP) is 0.995. The Balaban J connectivity index is 4.52. The van der Waals surface area contributed by atoms with E-state index in [0.717, 1.165) is 19.0 Å². The van der Waals surface area contributed by atoms with Crippen molar-refractivity contribution in [3.8, 4) is 0 Å². The number of hydrogen-bond acceptors (Lipinski definition) is 4. The first-order chi connectivity index (χ1) is 6.70. The first kappa shape index (κ1) is 14.0. The van der Waals surface area contributed by atoms with E-state index in [4.69, 9.17) is 14.5 Å². The summed E-state index contributed by atoms with van der Waals surface area (Å²) in [7, 11) is 3.69. The van der Waals surface area contributed by atoms with Crippen LogP contribution in [0.5, 0.6) is 0 Å². The van der Waals surface area contributed by atoms with E-state index in [2.05, 4.69) is 18.8 Å². The Kier molecular flexibility index (Phi) is 7.34. The second kappa shape index (κ2) is 7.33. The van der Waals surface area contributed by atoms with E-state index < -0.39 is 9.12 Å². The molecular weight excluding hydrogens is 200 g/mol. The highest BCUT2D eigenvalue weighted by molar-refractivity contribution is 6.47. The fourth-order valence-electron chi connectivity index (χ4n) is 1.32. The molecule has 6 heteroatoms. The van der Waals surface area contributed by atoms with Gasteiger partial charge in [-0.05, 0) is 6.54 Å². The van der Waals surface area contributed by atoms with E-state index in [0.29, 0.717) is 0 Å². The molecule has 1 N–H and O–H groups in total. The van der Waals surface area contributed by atoms with Crippen molar-refractivity contribution >= 4 is 9.12 Å². The average molecular weight is 222 g/mol. The van der Waals surface area contributed by atoms with Crippen LogP contribution in [0.25, 0.3) is 0 Å². The quantitative estimate of drug-likeness (QED) is 0.491. The Labute approximate surface area is 88.2 Å². The van der Waals surface area contributed by atoms with Gasteiger partial charge in [0.15, 0.2) is 0 Å². The molecule has 0 amide bonds. The smallest absolute Gasteiger partial charge is 0.281 e. The summed E-state index contributed by atoms with van der Waals surface area (Å²) in [4.78, 5) is 19.2. The Morgan fingerprint density at radius 3 is 1.86 bits per heavy atom. The van der Waals surface area contributed by atoms with E-state index in [1.165, 1.54) is 0 Å². The Hall–Kier alpha value is 0.0169. The van der Waals surface area contributed by atoms with Crippen molar-refractivity contribution in [2.24, 2.45) is 0 Å². The first-order valence-corrected chi connectivity index (χ1v) is 6.52. The van der Waals surface area contributed by atoms with Crippen LogP contribution in [0.2, 0.25) is 6.04 Å². The molecule has 0 aromatic heterocycles. The summed E-state index contributed by atoms with van der Waals surface area (Å²) in [5.41, 5.74) is 0. The van der Waals surface area contributed by atoms with Gasteiger partial charge in [-0.25, -0.2) is 0 Å². The molecule has 85 valence electrons. The molecule has 1 radical (unpaired) electrons. The zero-order chi connectivity index (χ0) is 11.0. The van der Waals surface area contributed by atoms with Crippen LogP contribution in [0, 0.1) is 0 Å². The third-order valence-corrected chi connectivity index (χ3v) is 4.86. The van der Waals surface area contributed by atoms with Crippen LogP contribution in [-0.4, -0.2) is 41.6 Å². The maximum absolute atomic E-state index is 5.28. The second-order valence-electron chi connectivity index (χ2n) is 2.77. The number of rotatable bonds is 8. The zero-order valence-corrected chi connectivity index (χ0v) is 10.8. The first-order valence-electron chi connectivity index (χ1n) is 4.87. The minimum absolute atomic E-state index is 0.174. The van der Waals surface area contributed by atoms with Gasteiger partial charge in [-0.1, -0.05) is 20.3 Å². The maximum atomic E-state index is 5.28. The van der Waals surface area contributed by atoms with Crippen molar-refractivity contribution in [2.45, 2.75) is 26.3 Å². The third-order valence-electron chi connectivity index (χ3n) is 1.92. The lowest BCUT2D eigenvalue weighted by molar-refractivity contribution is -1.30. The summed E-state index contributed by atoms with van der Waals surface area (Å²) < 4.78 is -0.174. The lowest BCUT2D eigenvalue weighted by Crippen LogP contribution is -2.62. The molecule has 0 bridgehead atoms. The molecule has 0 aliphatic heterocycles. The third kappa shape index (κ3) is 3.30. The summed E-state index contributed by atoms with van der Waals surface area (Å²) in [6.07, 6.45) is 1.08. The van der Waals surface area contributed by atoms with Crippen molar-refractivity contribution < 1.29 is 19.2 Å². The van der Waals surface area contributed by atoms with Crippen LogP contribution in [-0.2, 0) is 14.5 Å². The summed E-state index contributed by atoms with van der Waals surface area (Å²) in [6, 6.07) is 1.02. The highest BCUT2D eigenvalue weighted by atomic mass is 28.3. The summed E-state index contributed by atoms with van der Waals surface area (Å²) in [5, 5.41) is 0. The van der Waals surface area contributed by atoms with Gasteiger partial charge in [0, 0.05) is 6.04 Å². The van der Waals surface area contributed by atoms with Crippen LogP contribution in [0.1, 0.15) is 20.3 Å². The van der Waals surface area contributed by atoms with Gasteiger partial charge in [0.1, 0.15) is 21.3 Å². The molecule has 0 spiro atoms. The Morgan fingerprint density at radius 1 is 1.07 bits per heavy atom. The lowest BCUT2D eigenvalue weighted by Gasteiger charge is -2.30. The molecule has 0 aromatic carbocycles. The largest absolute Gasteiger partial charge is 0.544 e. The molecule has 14 heavy (non-hydrogen) atoms. The SMILES string of the molecule is CCC[Si](NCC)[N+](OC)(OC)OC. The monoisotopic (exact) mass is 222 g/mol. The number of nitrogens with one attached hydrogen (secondary N) is 1. The van der Waals surface area contributed by atoms with E-state index in [-0.39, 0.29) is 4.64 Å². The van der Waals surface area contributed by atoms with E-state index >= 15 is 0 Å². The van der Waals surface area contributed by atoms with Crippen molar-refractivity contribution in [1.29, 1.82) is 0 Å². The predicted molar refractivity (Wildman–Crippen MR) is 55.8 cm³/mol. The van der Waals surface area contributed by atoms with Crippen LogP contribution in [0.3, 0.4) is 0 Å². The minimum Gasteiger partial charge on any atom is -0.281 e. The molecule has 0 unspecified atom stereocenters. The standard InChI is InChI=1S/C8H22N2O3Si/c1-6-8-14(9-7-2)10(11-3,12-4)13-5/h9H,6-8H2,1-5H3/q+1. The van der Waals surface area contributed by atoms with Crippen LogP contribution < -0.4 is 4.98 Å². The molecule has 0 fully saturated rings.